The Kier molecular flexibility index (Phi) is 2.76. The number of carbonyl (C=O) groups is 1. The number of hydrogen-bond acceptors (Lipinski definition) is 5. The van der Waals surface area contributed by atoms with Gasteiger partial charge in [0.2, 0.25) is 5.01 Å². The van der Waals surface area contributed by atoms with Gasteiger partial charge in [0.05, 0.1) is 0 Å². The van der Waals surface area contributed by atoms with Gasteiger partial charge < -0.3 is 5.11 Å². The van der Waals surface area contributed by atoms with Crippen molar-refractivity contribution < 1.29 is 23.1 Å². The van der Waals surface area contributed by atoms with Crippen molar-refractivity contribution in [1.29, 1.82) is 0 Å². The van der Waals surface area contributed by atoms with Crippen LogP contribution in [0, 0.1) is 0 Å². The number of rotatable bonds is 2. The predicted molar refractivity (Wildman–Crippen MR) is 38.8 cm³/mol. The number of carboxylic acid groups (broad SMARTS) is 1. The summed E-state index contributed by atoms with van der Waals surface area (Å²) in [5.74, 6) is -1.38. The number of alkyl halides is 3. The van der Waals surface area contributed by atoms with E-state index in [1.165, 1.54) is 0 Å². The summed E-state index contributed by atoms with van der Waals surface area (Å²) in [6, 6.07) is 0. The lowest BCUT2D eigenvalue weighted by atomic mass is 10.7. The molecule has 0 radical (unpaired) electrons. The van der Waals surface area contributed by atoms with E-state index in [9.17, 15) is 18.0 Å². The maximum Gasteiger partial charge on any atom is 0.448 e. The van der Waals surface area contributed by atoms with E-state index in [2.05, 4.69) is 10.2 Å². The van der Waals surface area contributed by atoms with Gasteiger partial charge in [-0.15, -0.1) is 10.2 Å². The average Bonchev–Trinajstić information content (AvgIpc) is 2.31. The topological polar surface area (TPSA) is 63.1 Å². The molecule has 1 aromatic rings. The molecule has 1 N–H and O–H groups in total. The van der Waals surface area contributed by atoms with Crippen LogP contribution in [-0.2, 0) is 0 Å². The van der Waals surface area contributed by atoms with Crippen LogP contribution in [0.3, 0.4) is 0 Å². The quantitative estimate of drug-likeness (QED) is 0.785. The van der Waals surface area contributed by atoms with E-state index in [0.717, 1.165) is 0 Å². The molecule has 0 aliphatic heterocycles. The summed E-state index contributed by atoms with van der Waals surface area (Å²) in [7, 11) is 0. The van der Waals surface area contributed by atoms with Crippen LogP contribution in [-0.4, -0.2) is 26.8 Å². The van der Waals surface area contributed by atoms with Gasteiger partial charge >= 0.3 is 11.5 Å². The molecular weight excluding hydrogens is 229 g/mol. The number of halogens is 3. The minimum Gasteiger partial charge on any atom is -0.476 e. The zero-order valence-corrected chi connectivity index (χ0v) is 7.33. The van der Waals surface area contributed by atoms with Crippen molar-refractivity contribution in [2.75, 3.05) is 0 Å². The molecule has 72 valence electrons. The lowest BCUT2D eigenvalue weighted by Gasteiger charge is -1.99. The highest BCUT2D eigenvalue weighted by molar-refractivity contribution is 8.01. The first-order valence-electron chi connectivity index (χ1n) is 2.71. The van der Waals surface area contributed by atoms with E-state index in [-0.39, 0.29) is 0 Å². The third-order valence-corrected chi connectivity index (χ3v) is 2.49. The van der Waals surface area contributed by atoms with Crippen molar-refractivity contribution in [2.45, 2.75) is 9.85 Å². The predicted octanol–water partition coefficient (Wildman–Crippen LogP) is 1.85. The Morgan fingerprint density at radius 1 is 1.46 bits per heavy atom. The minimum absolute atomic E-state index is 0.389. The van der Waals surface area contributed by atoms with Crippen LogP contribution in [0.1, 0.15) is 9.80 Å². The van der Waals surface area contributed by atoms with Gasteiger partial charge in [0.15, 0.2) is 4.34 Å². The van der Waals surface area contributed by atoms with Gasteiger partial charge in [-0.3, -0.25) is 0 Å². The Balaban J connectivity index is 2.75. The smallest absolute Gasteiger partial charge is 0.448 e. The molecule has 1 rings (SSSR count). The Morgan fingerprint density at radius 3 is 2.46 bits per heavy atom. The molecule has 0 aliphatic rings. The van der Waals surface area contributed by atoms with Crippen molar-refractivity contribution in [3.63, 3.8) is 0 Å². The maximum absolute atomic E-state index is 11.7. The summed E-state index contributed by atoms with van der Waals surface area (Å²) < 4.78 is 34.7. The van der Waals surface area contributed by atoms with Crippen molar-refractivity contribution in [2.24, 2.45) is 0 Å². The Hall–Kier alpha value is -0.830. The second-order valence-corrected chi connectivity index (χ2v) is 4.02. The Bertz CT molecular complexity index is 323. The molecule has 0 aromatic carbocycles. The molecule has 9 heteroatoms. The van der Waals surface area contributed by atoms with Gasteiger partial charge in [0.25, 0.3) is 0 Å². The summed E-state index contributed by atoms with van der Waals surface area (Å²) >= 11 is -0.0904. The fourth-order valence-corrected chi connectivity index (χ4v) is 1.82. The molecule has 0 saturated carbocycles. The van der Waals surface area contributed by atoms with Crippen LogP contribution < -0.4 is 0 Å². The Labute approximate surface area is 77.8 Å². The second-order valence-electron chi connectivity index (χ2n) is 1.73. The highest BCUT2D eigenvalue weighted by Gasteiger charge is 2.31. The molecule has 4 nitrogen and oxygen atoms in total. The fraction of sp³-hybridized carbons (Fsp3) is 0.250. The first-order valence-corrected chi connectivity index (χ1v) is 4.34. The van der Waals surface area contributed by atoms with Crippen LogP contribution in [0.4, 0.5) is 13.2 Å². The van der Waals surface area contributed by atoms with Crippen LogP contribution in [0.5, 0.6) is 0 Å². The molecule has 0 atom stereocenters. The van der Waals surface area contributed by atoms with Gasteiger partial charge in [-0.2, -0.15) is 13.2 Å². The molecule has 0 spiro atoms. The number of thioether (sulfide) groups is 1. The number of aromatic carboxylic acids is 1. The molecule has 0 amide bonds. The highest BCUT2D eigenvalue weighted by Crippen LogP contribution is 2.37. The van der Waals surface area contributed by atoms with E-state index in [4.69, 9.17) is 5.11 Å². The monoisotopic (exact) mass is 230 g/mol. The van der Waals surface area contributed by atoms with Gasteiger partial charge in [-0.1, -0.05) is 11.3 Å². The van der Waals surface area contributed by atoms with Gasteiger partial charge in [-0.25, -0.2) is 4.79 Å². The molecule has 0 saturated heterocycles. The normalized spacial score (nSPS) is 11.6. The van der Waals surface area contributed by atoms with E-state index < -0.39 is 32.6 Å². The molecular formula is C4HF3N2O2S2. The Morgan fingerprint density at radius 2 is 2.08 bits per heavy atom. The standard InChI is InChI=1S/C4HF3N2O2S2/c5-4(6,7)13-3-9-8-1(12-3)2(10)11/h(H,10,11). The molecule has 0 unspecified atom stereocenters. The first-order chi connectivity index (χ1) is 5.88. The lowest BCUT2D eigenvalue weighted by molar-refractivity contribution is -0.0328. The van der Waals surface area contributed by atoms with Gasteiger partial charge in [-0.05, 0) is 0 Å². The van der Waals surface area contributed by atoms with Crippen LogP contribution >= 0.6 is 23.1 Å². The third kappa shape index (κ3) is 3.19. The van der Waals surface area contributed by atoms with Crippen LogP contribution in [0.2, 0.25) is 0 Å². The van der Waals surface area contributed by atoms with E-state index in [1.54, 1.807) is 0 Å². The van der Waals surface area contributed by atoms with E-state index in [0.29, 0.717) is 11.3 Å². The van der Waals surface area contributed by atoms with Gasteiger partial charge in [0.1, 0.15) is 0 Å². The van der Waals surface area contributed by atoms with E-state index in [1.807, 2.05) is 0 Å². The number of aromatic nitrogens is 2. The molecule has 1 heterocycles. The van der Waals surface area contributed by atoms with E-state index >= 15 is 0 Å². The minimum atomic E-state index is -4.46. The maximum atomic E-state index is 11.7. The van der Waals surface area contributed by atoms with Crippen LogP contribution in [0.15, 0.2) is 4.34 Å². The highest BCUT2D eigenvalue weighted by atomic mass is 32.2. The third-order valence-electron chi connectivity index (χ3n) is 0.792. The summed E-state index contributed by atoms with van der Waals surface area (Å²) in [5, 5.41) is 14.0. The van der Waals surface area contributed by atoms with Crippen LogP contribution in [0.25, 0.3) is 0 Å². The molecule has 1 aromatic heterocycles. The number of hydrogen-bond donors (Lipinski definition) is 1. The van der Waals surface area contributed by atoms with Crippen molar-refractivity contribution >= 4 is 29.1 Å². The van der Waals surface area contributed by atoms with Crippen molar-refractivity contribution in [3.8, 4) is 0 Å². The fourth-order valence-electron chi connectivity index (χ4n) is 0.436. The zero-order chi connectivity index (χ0) is 10.1. The molecule has 13 heavy (non-hydrogen) atoms. The average molecular weight is 230 g/mol. The zero-order valence-electron chi connectivity index (χ0n) is 5.70. The summed E-state index contributed by atoms with van der Waals surface area (Å²) in [6.07, 6.45) is 0. The molecule has 0 bridgehead atoms. The summed E-state index contributed by atoms with van der Waals surface area (Å²) in [4.78, 5) is 10.2. The lowest BCUT2D eigenvalue weighted by Crippen LogP contribution is -1.98. The molecule has 0 fully saturated rings. The summed E-state index contributed by atoms with van der Waals surface area (Å²) in [6.45, 7) is 0. The number of nitrogens with zero attached hydrogens (tertiary/aromatic N) is 2. The number of carboxylic acids is 1. The largest absolute Gasteiger partial charge is 0.476 e. The second kappa shape index (κ2) is 3.50. The SMILES string of the molecule is O=C(O)c1nnc(SC(F)(F)F)s1. The first kappa shape index (κ1) is 10.3. The van der Waals surface area contributed by atoms with Crippen molar-refractivity contribution in [3.05, 3.63) is 5.01 Å². The summed E-state index contributed by atoms with van der Waals surface area (Å²) in [5.41, 5.74) is -4.46. The van der Waals surface area contributed by atoms with Crippen molar-refractivity contribution in [1.82, 2.24) is 10.2 Å². The van der Waals surface area contributed by atoms with Gasteiger partial charge in [0, 0.05) is 11.8 Å². The molecule has 0 aliphatic carbocycles.